The van der Waals surface area contributed by atoms with E-state index in [0.29, 0.717) is 11.8 Å². The summed E-state index contributed by atoms with van der Waals surface area (Å²) in [5, 5.41) is 8.60. The van der Waals surface area contributed by atoms with Crippen molar-refractivity contribution in [1.29, 1.82) is 5.26 Å². The summed E-state index contributed by atoms with van der Waals surface area (Å²) in [5.74, 6) is 1.03. The van der Waals surface area contributed by atoms with E-state index < -0.39 is 0 Å². The molecule has 1 saturated carbocycles. The lowest BCUT2D eigenvalue weighted by Crippen LogP contribution is -1.77. The van der Waals surface area contributed by atoms with Gasteiger partial charge >= 0.3 is 0 Å². The smallest absolute Gasteiger partial charge is 0.232 e. The molecule has 0 spiro atoms. The van der Waals surface area contributed by atoms with Crippen LogP contribution in [0.1, 0.15) is 30.3 Å². The maximum atomic E-state index is 8.48. The van der Waals surface area contributed by atoms with Crippen molar-refractivity contribution in [2.24, 2.45) is 0 Å². The van der Waals surface area contributed by atoms with Crippen LogP contribution in [0, 0.1) is 11.3 Å². The predicted molar refractivity (Wildman–Crippen MR) is 38.2 cm³/mol. The lowest BCUT2D eigenvalue weighted by molar-refractivity contribution is 0.499. The lowest BCUT2D eigenvalue weighted by atomic mass is 10.4. The van der Waals surface area contributed by atoms with Crippen LogP contribution in [0.4, 0.5) is 0 Å². The van der Waals surface area contributed by atoms with Crippen molar-refractivity contribution in [3.8, 4) is 6.07 Å². The maximum Gasteiger partial charge on any atom is 0.232 e. The summed E-state index contributed by atoms with van der Waals surface area (Å²) in [6.07, 6.45) is 2.20. The van der Waals surface area contributed by atoms with Gasteiger partial charge < -0.3 is 4.42 Å². The van der Waals surface area contributed by atoms with Crippen LogP contribution >= 0.6 is 11.6 Å². The third-order valence-corrected chi connectivity index (χ3v) is 1.89. The Morgan fingerprint density at radius 2 is 2.36 bits per heavy atom. The average molecular weight is 169 g/mol. The van der Waals surface area contributed by atoms with E-state index in [-0.39, 0.29) is 10.9 Å². The Labute approximate surface area is 68.6 Å². The minimum absolute atomic E-state index is 0.120. The average Bonchev–Trinajstić information content (AvgIpc) is 2.76. The molecule has 0 N–H and O–H groups in total. The molecule has 1 aromatic rings. The summed E-state index contributed by atoms with van der Waals surface area (Å²) in [4.78, 5) is 3.93. The first-order valence-corrected chi connectivity index (χ1v) is 3.75. The Hall–Kier alpha value is -1.01. The summed E-state index contributed by atoms with van der Waals surface area (Å²) in [6, 6.07) is 1.86. The van der Waals surface area contributed by atoms with Gasteiger partial charge in [0.05, 0.1) is 0 Å². The zero-order chi connectivity index (χ0) is 7.84. The van der Waals surface area contributed by atoms with Crippen LogP contribution in [0.3, 0.4) is 0 Å². The number of nitriles is 1. The van der Waals surface area contributed by atoms with Gasteiger partial charge in [-0.25, -0.2) is 4.98 Å². The Bertz CT molecular complexity index is 322. The van der Waals surface area contributed by atoms with Crippen LogP contribution in [0.15, 0.2) is 4.42 Å². The fourth-order valence-corrected chi connectivity index (χ4v) is 1.05. The topological polar surface area (TPSA) is 49.8 Å². The van der Waals surface area contributed by atoms with E-state index in [9.17, 15) is 0 Å². The molecule has 1 aliphatic carbocycles. The van der Waals surface area contributed by atoms with Crippen molar-refractivity contribution in [2.45, 2.75) is 18.8 Å². The number of aromatic nitrogens is 1. The maximum absolute atomic E-state index is 8.48. The fourth-order valence-electron chi connectivity index (χ4n) is 0.891. The highest BCUT2D eigenvalue weighted by atomic mass is 35.5. The van der Waals surface area contributed by atoms with Crippen molar-refractivity contribution in [1.82, 2.24) is 4.98 Å². The van der Waals surface area contributed by atoms with Crippen molar-refractivity contribution in [2.75, 3.05) is 0 Å². The van der Waals surface area contributed by atoms with Crippen LogP contribution < -0.4 is 0 Å². The minimum atomic E-state index is 0.120. The van der Waals surface area contributed by atoms with Gasteiger partial charge in [0, 0.05) is 5.92 Å². The van der Waals surface area contributed by atoms with Crippen molar-refractivity contribution < 1.29 is 4.42 Å². The van der Waals surface area contributed by atoms with Crippen LogP contribution in [0.2, 0.25) is 5.22 Å². The van der Waals surface area contributed by atoms with E-state index in [4.69, 9.17) is 21.3 Å². The number of rotatable bonds is 1. The second kappa shape index (κ2) is 2.24. The molecule has 4 heteroatoms. The van der Waals surface area contributed by atoms with Crippen molar-refractivity contribution in [3.63, 3.8) is 0 Å². The summed E-state index contributed by atoms with van der Waals surface area (Å²) < 4.78 is 5.06. The quantitative estimate of drug-likeness (QED) is 0.645. The zero-order valence-corrected chi connectivity index (χ0v) is 6.43. The summed E-state index contributed by atoms with van der Waals surface area (Å²) in [6.45, 7) is 0. The molecule has 0 saturated heterocycles. The lowest BCUT2D eigenvalue weighted by Gasteiger charge is -1.81. The molecule has 0 radical (unpaired) electrons. The predicted octanol–water partition coefficient (Wildman–Crippen LogP) is 2.08. The molecule has 1 aliphatic rings. The molecular formula is C7H5ClN2O. The standard InChI is InChI=1S/C7H5ClN2O/c8-6-5(3-9)10-7(11-6)4-1-2-4/h4H,1-2H2. The molecule has 0 bridgehead atoms. The third-order valence-electron chi connectivity index (χ3n) is 1.63. The number of hydrogen-bond donors (Lipinski definition) is 0. The number of hydrogen-bond acceptors (Lipinski definition) is 3. The normalized spacial score (nSPS) is 16.4. The van der Waals surface area contributed by atoms with Crippen molar-refractivity contribution in [3.05, 3.63) is 16.8 Å². The highest BCUT2D eigenvalue weighted by molar-refractivity contribution is 6.29. The van der Waals surface area contributed by atoms with Gasteiger partial charge in [-0.1, -0.05) is 0 Å². The van der Waals surface area contributed by atoms with E-state index in [2.05, 4.69) is 4.98 Å². The monoisotopic (exact) mass is 168 g/mol. The molecular weight excluding hydrogens is 164 g/mol. The molecule has 0 unspecified atom stereocenters. The van der Waals surface area contributed by atoms with Gasteiger partial charge in [0.2, 0.25) is 11.1 Å². The van der Waals surface area contributed by atoms with Crippen molar-refractivity contribution >= 4 is 11.6 Å². The first kappa shape index (κ1) is 6.68. The Balaban J connectivity index is 2.38. The van der Waals surface area contributed by atoms with E-state index in [0.717, 1.165) is 12.8 Å². The Morgan fingerprint density at radius 3 is 2.82 bits per heavy atom. The molecule has 0 aliphatic heterocycles. The molecule has 3 nitrogen and oxygen atoms in total. The van der Waals surface area contributed by atoms with Gasteiger partial charge in [-0.15, -0.1) is 0 Å². The second-order valence-corrected chi connectivity index (χ2v) is 2.90. The number of halogens is 1. The number of nitrogens with zero attached hydrogens (tertiary/aromatic N) is 2. The summed E-state index contributed by atoms with van der Waals surface area (Å²) in [7, 11) is 0. The minimum Gasteiger partial charge on any atom is -0.427 e. The van der Waals surface area contributed by atoms with Crippen LogP contribution in [0.25, 0.3) is 0 Å². The molecule has 0 aromatic carbocycles. The van der Waals surface area contributed by atoms with Gasteiger partial charge in [-0.2, -0.15) is 5.26 Å². The van der Waals surface area contributed by atoms with Gasteiger partial charge in [-0.3, -0.25) is 0 Å². The number of oxazole rings is 1. The fraction of sp³-hybridized carbons (Fsp3) is 0.429. The molecule has 11 heavy (non-hydrogen) atoms. The Kier molecular flexibility index (Phi) is 1.36. The Morgan fingerprint density at radius 1 is 1.64 bits per heavy atom. The van der Waals surface area contributed by atoms with Gasteiger partial charge in [-0.05, 0) is 24.4 Å². The molecule has 1 aromatic heterocycles. The summed E-state index contributed by atoms with van der Waals surface area (Å²) in [5.41, 5.74) is 0.202. The SMILES string of the molecule is N#Cc1nc(C2CC2)oc1Cl. The molecule has 56 valence electrons. The van der Waals surface area contributed by atoms with Gasteiger partial charge in [0.15, 0.2) is 5.69 Å². The second-order valence-electron chi connectivity index (χ2n) is 2.56. The first-order valence-electron chi connectivity index (χ1n) is 3.37. The molecule has 0 amide bonds. The molecule has 0 atom stereocenters. The first-order chi connectivity index (χ1) is 5.31. The van der Waals surface area contributed by atoms with Gasteiger partial charge in [0.25, 0.3) is 0 Å². The highest BCUT2D eigenvalue weighted by Gasteiger charge is 2.29. The molecule has 2 rings (SSSR count). The van der Waals surface area contributed by atoms with Gasteiger partial charge in [0.1, 0.15) is 6.07 Å². The van der Waals surface area contributed by atoms with E-state index >= 15 is 0 Å². The van der Waals surface area contributed by atoms with E-state index in [1.165, 1.54) is 0 Å². The zero-order valence-electron chi connectivity index (χ0n) is 5.67. The summed E-state index contributed by atoms with van der Waals surface area (Å²) >= 11 is 5.57. The highest BCUT2D eigenvalue weighted by Crippen LogP contribution is 2.40. The van der Waals surface area contributed by atoms with Crippen LogP contribution in [0.5, 0.6) is 0 Å². The molecule has 1 fully saturated rings. The largest absolute Gasteiger partial charge is 0.427 e. The van der Waals surface area contributed by atoms with Crippen LogP contribution in [-0.2, 0) is 0 Å². The third kappa shape index (κ3) is 1.10. The van der Waals surface area contributed by atoms with Crippen LogP contribution in [-0.4, -0.2) is 4.98 Å². The molecule has 1 heterocycles. The van der Waals surface area contributed by atoms with E-state index in [1.54, 1.807) is 0 Å². The van der Waals surface area contributed by atoms with E-state index in [1.807, 2.05) is 6.07 Å².